The van der Waals surface area contributed by atoms with Crippen LogP contribution in [0.15, 0.2) is 24.3 Å². The van der Waals surface area contributed by atoms with E-state index in [4.69, 9.17) is 15.6 Å². The van der Waals surface area contributed by atoms with Gasteiger partial charge >= 0.3 is 0 Å². The van der Waals surface area contributed by atoms with Gasteiger partial charge in [0.25, 0.3) is 5.91 Å². The van der Waals surface area contributed by atoms with E-state index in [1.54, 1.807) is 31.2 Å². The second-order valence-electron chi connectivity index (χ2n) is 4.17. The number of carbonyl (C=O) groups is 1. The summed E-state index contributed by atoms with van der Waals surface area (Å²) in [7, 11) is 0. The molecule has 0 radical (unpaired) electrons. The number of nitrogens with two attached hydrogens (primary N) is 1. The molecule has 0 aliphatic rings. The molecule has 5 nitrogen and oxygen atoms in total. The second-order valence-corrected chi connectivity index (χ2v) is 4.17. The Morgan fingerprint density at radius 2 is 2.22 bits per heavy atom. The second kappa shape index (κ2) is 7.55. The van der Waals surface area contributed by atoms with Crippen LogP contribution in [0, 0.1) is 0 Å². The molecule has 1 atom stereocenters. The molecule has 0 aliphatic carbocycles. The zero-order valence-electron chi connectivity index (χ0n) is 10.6. The fourth-order valence-corrected chi connectivity index (χ4v) is 1.43. The number of nitrogens with one attached hydrogen (secondary N) is 1. The van der Waals surface area contributed by atoms with Crippen molar-refractivity contribution >= 4 is 11.6 Å². The molecule has 5 heteroatoms. The lowest BCUT2D eigenvalue weighted by molar-refractivity contribution is -0.123. The highest BCUT2D eigenvalue weighted by Crippen LogP contribution is 2.19. The Hall–Kier alpha value is -1.75. The summed E-state index contributed by atoms with van der Waals surface area (Å²) in [6.07, 6.45) is 1.09. The summed E-state index contributed by atoms with van der Waals surface area (Å²) in [4.78, 5) is 11.4. The number of aliphatic hydroxyl groups is 1. The molecule has 1 aromatic rings. The van der Waals surface area contributed by atoms with Crippen LogP contribution in [0.3, 0.4) is 0 Å². The number of carbonyl (C=O) groups excluding carboxylic acids is 1. The fraction of sp³-hybridized carbons (Fsp3) is 0.462. The Kier molecular flexibility index (Phi) is 6.00. The molecule has 0 spiro atoms. The number of para-hydroxylation sites is 2. The van der Waals surface area contributed by atoms with Crippen LogP contribution in [0.4, 0.5) is 5.69 Å². The maximum atomic E-state index is 11.4. The molecule has 1 amide bonds. The summed E-state index contributed by atoms with van der Waals surface area (Å²) < 4.78 is 5.29. The summed E-state index contributed by atoms with van der Waals surface area (Å²) in [6, 6.07) is 7.04. The van der Waals surface area contributed by atoms with Crippen molar-refractivity contribution in [3.63, 3.8) is 0 Å². The first-order chi connectivity index (χ1) is 8.59. The minimum Gasteiger partial charge on any atom is -0.482 e. The van der Waals surface area contributed by atoms with E-state index in [1.807, 2.05) is 0 Å². The summed E-state index contributed by atoms with van der Waals surface area (Å²) in [5, 5.41) is 11.8. The minimum atomic E-state index is -0.331. The molecule has 0 bridgehead atoms. The van der Waals surface area contributed by atoms with Gasteiger partial charge in [0.1, 0.15) is 5.75 Å². The fourth-order valence-electron chi connectivity index (χ4n) is 1.43. The number of anilines is 1. The quantitative estimate of drug-likeness (QED) is 0.498. The van der Waals surface area contributed by atoms with Crippen LogP contribution in [-0.4, -0.2) is 30.3 Å². The molecule has 18 heavy (non-hydrogen) atoms. The first-order valence-electron chi connectivity index (χ1n) is 6.01. The number of amides is 1. The molecule has 1 aromatic carbocycles. The molecule has 0 heterocycles. The minimum absolute atomic E-state index is 0.0527. The van der Waals surface area contributed by atoms with Gasteiger partial charge in [-0.2, -0.15) is 0 Å². The van der Waals surface area contributed by atoms with Crippen molar-refractivity contribution in [3.8, 4) is 5.75 Å². The van der Waals surface area contributed by atoms with Crippen molar-refractivity contribution < 1.29 is 14.6 Å². The monoisotopic (exact) mass is 252 g/mol. The zero-order chi connectivity index (χ0) is 13.4. The zero-order valence-corrected chi connectivity index (χ0v) is 10.6. The van der Waals surface area contributed by atoms with E-state index in [2.05, 4.69) is 5.32 Å². The predicted octanol–water partition coefficient (Wildman–Crippen LogP) is 0.925. The van der Waals surface area contributed by atoms with E-state index < -0.39 is 0 Å². The standard InChI is InChI=1S/C13H20N2O3/c1-10(16)5-4-8-15-13(17)9-18-12-7-3-2-6-11(12)14/h2-3,6-7,10,16H,4-5,8-9,14H2,1H3,(H,15,17). The van der Waals surface area contributed by atoms with E-state index in [0.717, 1.165) is 6.42 Å². The largest absolute Gasteiger partial charge is 0.482 e. The first-order valence-corrected chi connectivity index (χ1v) is 6.01. The van der Waals surface area contributed by atoms with Crippen molar-refractivity contribution in [1.82, 2.24) is 5.32 Å². The predicted molar refractivity (Wildman–Crippen MR) is 70.3 cm³/mol. The topological polar surface area (TPSA) is 84.6 Å². The van der Waals surface area contributed by atoms with Gasteiger partial charge in [-0.05, 0) is 31.9 Å². The highest BCUT2D eigenvalue weighted by molar-refractivity contribution is 5.77. The smallest absolute Gasteiger partial charge is 0.257 e. The highest BCUT2D eigenvalue weighted by atomic mass is 16.5. The van der Waals surface area contributed by atoms with E-state index in [0.29, 0.717) is 24.4 Å². The van der Waals surface area contributed by atoms with Crippen LogP contribution in [0.25, 0.3) is 0 Å². The number of benzene rings is 1. The summed E-state index contributed by atoms with van der Waals surface area (Å²) in [5.74, 6) is 0.320. The molecule has 1 unspecified atom stereocenters. The third-order valence-corrected chi connectivity index (χ3v) is 2.40. The normalized spacial score (nSPS) is 11.9. The van der Waals surface area contributed by atoms with Crippen LogP contribution < -0.4 is 15.8 Å². The van der Waals surface area contributed by atoms with Gasteiger partial charge in [-0.25, -0.2) is 0 Å². The first kappa shape index (κ1) is 14.3. The van der Waals surface area contributed by atoms with Crippen LogP contribution in [-0.2, 0) is 4.79 Å². The van der Waals surface area contributed by atoms with Crippen molar-refractivity contribution in [2.75, 3.05) is 18.9 Å². The van der Waals surface area contributed by atoms with Crippen LogP contribution >= 0.6 is 0 Å². The van der Waals surface area contributed by atoms with Gasteiger partial charge in [-0.3, -0.25) is 4.79 Å². The molecule has 0 saturated heterocycles. The molecular weight excluding hydrogens is 232 g/mol. The Bertz CT molecular complexity index is 380. The lowest BCUT2D eigenvalue weighted by atomic mass is 10.2. The molecule has 100 valence electrons. The van der Waals surface area contributed by atoms with Gasteiger partial charge < -0.3 is 20.9 Å². The number of hydrogen-bond donors (Lipinski definition) is 3. The van der Waals surface area contributed by atoms with Crippen LogP contribution in [0.1, 0.15) is 19.8 Å². The van der Waals surface area contributed by atoms with Crippen molar-refractivity contribution in [2.45, 2.75) is 25.9 Å². The highest BCUT2D eigenvalue weighted by Gasteiger charge is 2.04. The van der Waals surface area contributed by atoms with E-state index in [1.165, 1.54) is 0 Å². The Morgan fingerprint density at radius 1 is 1.50 bits per heavy atom. The van der Waals surface area contributed by atoms with Crippen molar-refractivity contribution in [3.05, 3.63) is 24.3 Å². The van der Waals surface area contributed by atoms with E-state index in [-0.39, 0.29) is 18.6 Å². The lowest BCUT2D eigenvalue weighted by Crippen LogP contribution is -2.30. The molecule has 0 saturated carbocycles. The number of rotatable bonds is 7. The third kappa shape index (κ3) is 5.54. The Labute approximate surface area is 107 Å². The third-order valence-electron chi connectivity index (χ3n) is 2.40. The number of nitrogen functional groups attached to an aromatic ring is 1. The van der Waals surface area contributed by atoms with Crippen molar-refractivity contribution in [2.24, 2.45) is 0 Å². The maximum Gasteiger partial charge on any atom is 0.257 e. The lowest BCUT2D eigenvalue weighted by Gasteiger charge is -2.09. The molecule has 0 aromatic heterocycles. The van der Waals surface area contributed by atoms with Gasteiger partial charge in [0.2, 0.25) is 0 Å². The van der Waals surface area contributed by atoms with Gasteiger partial charge in [-0.1, -0.05) is 12.1 Å². The summed E-state index contributed by atoms with van der Waals surface area (Å²) in [5.41, 5.74) is 6.19. The number of ether oxygens (including phenoxy) is 1. The van der Waals surface area contributed by atoms with Crippen LogP contribution in [0.5, 0.6) is 5.75 Å². The average molecular weight is 252 g/mol. The maximum absolute atomic E-state index is 11.4. The SMILES string of the molecule is CC(O)CCCNC(=O)COc1ccccc1N. The summed E-state index contributed by atoms with van der Waals surface area (Å²) >= 11 is 0. The van der Waals surface area contributed by atoms with Gasteiger partial charge in [0.15, 0.2) is 6.61 Å². The van der Waals surface area contributed by atoms with E-state index in [9.17, 15) is 4.79 Å². The van der Waals surface area contributed by atoms with Gasteiger partial charge in [0, 0.05) is 6.54 Å². The Balaban J connectivity index is 2.19. The van der Waals surface area contributed by atoms with Gasteiger partial charge in [-0.15, -0.1) is 0 Å². The Morgan fingerprint density at radius 3 is 2.89 bits per heavy atom. The van der Waals surface area contributed by atoms with E-state index >= 15 is 0 Å². The summed E-state index contributed by atoms with van der Waals surface area (Å²) in [6.45, 7) is 2.21. The molecule has 1 rings (SSSR count). The van der Waals surface area contributed by atoms with Crippen molar-refractivity contribution in [1.29, 1.82) is 0 Å². The number of hydrogen-bond acceptors (Lipinski definition) is 4. The number of aliphatic hydroxyl groups excluding tert-OH is 1. The van der Waals surface area contributed by atoms with Gasteiger partial charge in [0.05, 0.1) is 11.8 Å². The molecule has 0 fully saturated rings. The molecule has 4 N–H and O–H groups in total. The molecule has 0 aliphatic heterocycles. The average Bonchev–Trinajstić information content (AvgIpc) is 2.33. The van der Waals surface area contributed by atoms with Crippen LogP contribution in [0.2, 0.25) is 0 Å². The molecular formula is C13H20N2O3.